The minimum Gasteiger partial charge on any atom is -0.376 e. The van der Waals surface area contributed by atoms with Gasteiger partial charge >= 0.3 is 5.69 Å². The summed E-state index contributed by atoms with van der Waals surface area (Å²) in [6, 6.07) is 11.9. The number of rotatable bonds is 8. The molecule has 1 aliphatic rings. The highest BCUT2D eigenvalue weighted by molar-refractivity contribution is 7.99. The molecule has 0 amide bonds. The Morgan fingerprint density at radius 1 is 1.20 bits per heavy atom. The summed E-state index contributed by atoms with van der Waals surface area (Å²) in [6.07, 6.45) is 3.29. The summed E-state index contributed by atoms with van der Waals surface area (Å²) in [5.41, 5.74) is 1.78. The number of thioether (sulfide) groups is 1. The van der Waals surface area contributed by atoms with Crippen LogP contribution in [0.2, 0.25) is 0 Å². The second-order valence-electron chi connectivity index (χ2n) is 7.33. The van der Waals surface area contributed by atoms with Gasteiger partial charge in [-0.05, 0) is 42.8 Å². The number of H-pyrrole nitrogens is 1. The number of thiophene rings is 1. The number of aromatic nitrogens is 5. The van der Waals surface area contributed by atoms with Gasteiger partial charge in [0.05, 0.1) is 28.6 Å². The largest absolute Gasteiger partial charge is 0.376 e. The molecule has 156 valence electrons. The molecule has 0 saturated carbocycles. The van der Waals surface area contributed by atoms with Crippen LogP contribution in [-0.4, -0.2) is 42.8 Å². The predicted octanol–water partition coefficient (Wildman–Crippen LogP) is 4.01. The van der Waals surface area contributed by atoms with Crippen LogP contribution in [0.4, 0.5) is 0 Å². The van der Waals surface area contributed by atoms with Crippen LogP contribution in [0.25, 0.3) is 21.7 Å². The van der Waals surface area contributed by atoms with Gasteiger partial charge in [-0.3, -0.25) is 9.13 Å². The monoisotopic (exact) mass is 441 g/mol. The Morgan fingerprint density at radius 3 is 2.97 bits per heavy atom. The zero-order chi connectivity index (χ0) is 20.3. The summed E-state index contributed by atoms with van der Waals surface area (Å²) in [6.45, 7) is 2.29. The van der Waals surface area contributed by atoms with E-state index < -0.39 is 0 Å². The standard InChI is InChI=1S/C21H23N5O2S2/c27-20-22-16-7-1-2-8-17(16)25(20)10-5-13-30-21-24-23-19(18-9-4-12-29-18)26(21)14-15-6-3-11-28-15/h1-2,4,7-9,12,15H,3,5-6,10-11,13-14H2,(H,22,27). The van der Waals surface area contributed by atoms with Gasteiger partial charge in [-0.1, -0.05) is 30.0 Å². The van der Waals surface area contributed by atoms with E-state index in [1.54, 1.807) is 23.1 Å². The molecule has 1 N–H and O–H groups in total. The van der Waals surface area contributed by atoms with Crippen LogP contribution in [0.3, 0.4) is 0 Å². The van der Waals surface area contributed by atoms with Gasteiger partial charge in [-0.25, -0.2) is 4.79 Å². The van der Waals surface area contributed by atoms with Crippen molar-refractivity contribution < 1.29 is 4.74 Å². The molecular formula is C21H23N5O2S2. The van der Waals surface area contributed by atoms with Crippen molar-refractivity contribution in [3.63, 3.8) is 0 Å². The lowest BCUT2D eigenvalue weighted by atomic mass is 10.2. The van der Waals surface area contributed by atoms with Crippen LogP contribution in [0.1, 0.15) is 19.3 Å². The highest BCUT2D eigenvalue weighted by Crippen LogP contribution is 2.29. The van der Waals surface area contributed by atoms with Gasteiger partial charge in [-0.2, -0.15) is 0 Å². The second kappa shape index (κ2) is 8.79. The van der Waals surface area contributed by atoms with Crippen LogP contribution < -0.4 is 5.69 Å². The molecule has 4 aromatic rings. The number of fused-ring (bicyclic) bond motifs is 1. The van der Waals surface area contributed by atoms with Crippen molar-refractivity contribution in [2.24, 2.45) is 0 Å². The van der Waals surface area contributed by atoms with E-state index in [1.807, 2.05) is 34.9 Å². The average molecular weight is 442 g/mol. The molecule has 4 heterocycles. The molecule has 3 aromatic heterocycles. The van der Waals surface area contributed by atoms with E-state index in [-0.39, 0.29) is 11.8 Å². The van der Waals surface area contributed by atoms with E-state index in [0.717, 1.165) is 65.1 Å². The fourth-order valence-electron chi connectivity index (χ4n) is 3.86. The molecule has 1 aromatic carbocycles. The molecule has 1 saturated heterocycles. The normalized spacial score (nSPS) is 16.6. The van der Waals surface area contributed by atoms with Gasteiger partial charge in [-0.15, -0.1) is 21.5 Å². The van der Waals surface area contributed by atoms with E-state index >= 15 is 0 Å². The van der Waals surface area contributed by atoms with E-state index in [1.165, 1.54) is 0 Å². The number of para-hydroxylation sites is 2. The van der Waals surface area contributed by atoms with Crippen LogP contribution in [-0.2, 0) is 17.8 Å². The summed E-state index contributed by atoms with van der Waals surface area (Å²) in [5, 5.41) is 11.9. The smallest absolute Gasteiger partial charge is 0.326 e. The Bertz CT molecular complexity index is 1170. The van der Waals surface area contributed by atoms with E-state index in [4.69, 9.17) is 4.74 Å². The minimum atomic E-state index is -0.0530. The van der Waals surface area contributed by atoms with Gasteiger partial charge < -0.3 is 9.72 Å². The SMILES string of the molecule is O=c1[nH]c2ccccc2n1CCCSc1nnc(-c2cccs2)n1CC1CCCO1. The first-order valence-electron chi connectivity index (χ1n) is 10.2. The Hall–Kier alpha value is -2.36. The van der Waals surface area contributed by atoms with Crippen LogP contribution in [0.15, 0.2) is 51.7 Å². The number of nitrogens with zero attached hydrogens (tertiary/aromatic N) is 4. The quantitative estimate of drug-likeness (QED) is 0.330. The average Bonchev–Trinajstić information content (AvgIpc) is 3.54. The summed E-state index contributed by atoms with van der Waals surface area (Å²) in [4.78, 5) is 16.3. The molecule has 1 atom stereocenters. The first kappa shape index (κ1) is 19.6. The van der Waals surface area contributed by atoms with Crippen LogP contribution >= 0.6 is 23.1 Å². The highest BCUT2D eigenvalue weighted by atomic mass is 32.2. The third-order valence-corrected chi connectivity index (χ3v) is 7.23. The molecule has 0 bridgehead atoms. The fraction of sp³-hybridized carbons (Fsp3) is 0.381. The molecule has 9 heteroatoms. The van der Waals surface area contributed by atoms with Gasteiger partial charge in [0.1, 0.15) is 0 Å². The summed E-state index contributed by atoms with van der Waals surface area (Å²) in [7, 11) is 0. The zero-order valence-electron chi connectivity index (χ0n) is 16.5. The maximum absolute atomic E-state index is 12.2. The molecule has 0 aliphatic carbocycles. The number of aromatic amines is 1. The third kappa shape index (κ3) is 3.97. The number of benzene rings is 1. The van der Waals surface area contributed by atoms with Crippen molar-refractivity contribution in [3.8, 4) is 10.7 Å². The Morgan fingerprint density at radius 2 is 2.13 bits per heavy atom. The highest BCUT2D eigenvalue weighted by Gasteiger charge is 2.22. The van der Waals surface area contributed by atoms with Gasteiger partial charge in [0.2, 0.25) is 0 Å². The molecular weight excluding hydrogens is 418 g/mol. The molecule has 1 fully saturated rings. The number of hydrogen-bond acceptors (Lipinski definition) is 6. The Kier molecular flexibility index (Phi) is 5.74. The van der Waals surface area contributed by atoms with Crippen LogP contribution in [0.5, 0.6) is 0 Å². The number of nitrogens with one attached hydrogen (secondary N) is 1. The maximum Gasteiger partial charge on any atom is 0.326 e. The first-order valence-corrected chi connectivity index (χ1v) is 12.0. The van der Waals surface area contributed by atoms with Crippen molar-refractivity contribution >= 4 is 34.1 Å². The lowest BCUT2D eigenvalue weighted by Gasteiger charge is -2.14. The lowest BCUT2D eigenvalue weighted by molar-refractivity contribution is 0.0953. The Labute approximate surface area is 182 Å². The van der Waals surface area contributed by atoms with Crippen molar-refractivity contribution in [2.75, 3.05) is 12.4 Å². The molecule has 1 unspecified atom stereocenters. The van der Waals surface area contributed by atoms with Crippen molar-refractivity contribution in [1.82, 2.24) is 24.3 Å². The van der Waals surface area contributed by atoms with Gasteiger partial charge in [0.25, 0.3) is 0 Å². The fourth-order valence-corrected chi connectivity index (χ4v) is 5.44. The number of ether oxygens (including phenoxy) is 1. The second-order valence-corrected chi connectivity index (χ2v) is 9.34. The molecule has 5 rings (SSSR count). The topological polar surface area (TPSA) is 77.7 Å². The van der Waals surface area contributed by atoms with E-state index in [0.29, 0.717) is 6.54 Å². The maximum atomic E-state index is 12.2. The van der Waals surface area contributed by atoms with Crippen molar-refractivity contribution in [1.29, 1.82) is 0 Å². The van der Waals surface area contributed by atoms with E-state index in [2.05, 4.69) is 31.2 Å². The minimum absolute atomic E-state index is 0.0530. The van der Waals surface area contributed by atoms with E-state index in [9.17, 15) is 4.79 Å². The number of aryl methyl sites for hydroxylation is 1. The number of imidazole rings is 1. The molecule has 1 aliphatic heterocycles. The Balaban J connectivity index is 1.28. The summed E-state index contributed by atoms with van der Waals surface area (Å²) in [5.74, 6) is 1.77. The lowest BCUT2D eigenvalue weighted by Crippen LogP contribution is -2.17. The van der Waals surface area contributed by atoms with Gasteiger partial charge in [0, 0.05) is 18.9 Å². The van der Waals surface area contributed by atoms with Crippen LogP contribution in [0, 0.1) is 0 Å². The molecule has 7 nitrogen and oxygen atoms in total. The summed E-state index contributed by atoms with van der Waals surface area (Å²) >= 11 is 3.37. The van der Waals surface area contributed by atoms with Crippen molar-refractivity contribution in [2.45, 2.75) is 43.6 Å². The first-order chi connectivity index (χ1) is 14.8. The summed E-state index contributed by atoms with van der Waals surface area (Å²) < 4.78 is 9.87. The van der Waals surface area contributed by atoms with Crippen molar-refractivity contribution in [3.05, 3.63) is 52.3 Å². The third-order valence-electron chi connectivity index (χ3n) is 5.31. The predicted molar refractivity (Wildman–Crippen MR) is 120 cm³/mol. The molecule has 0 radical (unpaired) electrons. The number of hydrogen-bond donors (Lipinski definition) is 1. The molecule has 0 spiro atoms. The molecule has 30 heavy (non-hydrogen) atoms. The zero-order valence-corrected chi connectivity index (χ0v) is 18.1. The van der Waals surface area contributed by atoms with Gasteiger partial charge in [0.15, 0.2) is 11.0 Å².